The van der Waals surface area contributed by atoms with E-state index >= 15 is 0 Å². The van der Waals surface area contributed by atoms with Gasteiger partial charge in [0, 0.05) is 51.2 Å². The highest BCUT2D eigenvalue weighted by atomic mass is 35.5. The monoisotopic (exact) mass is 938 g/mol. The van der Waals surface area contributed by atoms with Gasteiger partial charge in [-0.2, -0.15) is 0 Å². The number of carbonyl (C=O) groups is 6. The third-order valence-electron chi connectivity index (χ3n) is 15.2. The standard InChI is InChI=1S/C49H67ClN4O10S/c1-27-9-8-10-29(3)49(61)24-37(62-47(60)52-49)30(4)43-48(5,64-43)39(23-40(55)53(7)36-21-33(19-27)20-28(2)42(36)50)63-46(59)35-17-13-32(14-18-35)26-65-38-22-41(56)54(45(38)58)25-31-11-15-34(16-12-31)44(57)51-6/h8-10,20-21,29-32,34-35,37-39,43,61H,11-19,22-26H2,1-7H3,(H,51,57)(H,52,60)/b10-8+,27-9+/t29-,30-,31-,32?,34-,35?,37+,38?,39+,43+,48+,49+/m1/s1. The van der Waals surface area contributed by atoms with Crippen molar-refractivity contribution in [3.8, 4) is 0 Å². The number of benzene rings is 1. The fraction of sp³-hybridized carbons (Fsp3) is 0.673. The number of aliphatic hydroxyl groups is 1. The average molecular weight is 940 g/mol. The highest BCUT2D eigenvalue weighted by molar-refractivity contribution is 8.00. The van der Waals surface area contributed by atoms with Gasteiger partial charge in [-0.3, -0.25) is 34.2 Å². The quantitative estimate of drug-likeness (QED) is 0.141. The molecule has 0 radical (unpaired) electrons. The molecule has 0 spiro atoms. The van der Waals surface area contributed by atoms with Crippen molar-refractivity contribution in [1.29, 1.82) is 0 Å². The van der Waals surface area contributed by atoms with Crippen LogP contribution in [0.2, 0.25) is 5.02 Å². The molecule has 1 aromatic carbocycles. The van der Waals surface area contributed by atoms with Crippen LogP contribution >= 0.6 is 23.4 Å². The molecular formula is C49H67ClN4O10S. The van der Waals surface area contributed by atoms with Gasteiger partial charge in [-0.25, -0.2) is 4.79 Å². The van der Waals surface area contributed by atoms with E-state index in [2.05, 4.69) is 10.6 Å². The van der Waals surface area contributed by atoms with Crippen molar-refractivity contribution in [2.75, 3.05) is 31.3 Å². The number of epoxide rings is 1. The summed E-state index contributed by atoms with van der Waals surface area (Å²) < 4.78 is 18.5. The molecule has 1 unspecified atom stereocenters. The smallest absolute Gasteiger partial charge is 0.409 e. The van der Waals surface area contributed by atoms with Crippen LogP contribution in [0.15, 0.2) is 35.9 Å². The number of halogens is 1. The number of hydrogen-bond acceptors (Lipinski definition) is 11. The molecular weight excluding hydrogens is 872 g/mol. The zero-order chi connectivity index (χ0) is 47.0. The van der Waals surface area contributed by atoms with E-state index in [0.717, 1.165) is 55.2 Å². The predicted octanol–water partition coefficient (Wildman–Crippen LogP) is 6.81. The van der Waals surface area contributed by atoms with Crippen molar-refractivity contribution in [3.05, 3.63) is 52.1 Å². The van der Waals surface area contributed by atoms with E-state index in [0.29, 0.717) is 42.3 Å². The Kier molecular flexibility index (Phi) is 15.2. The highest BCUT2D eigenvalue weighted by Crippen LogP contribution is 2.50. The summed E-state index contributed by atoms with van der Waals surface area (Å²) in [5, 5.41) is 17.2. The van der Waals surface area contributed by atoms with Crippen molar-refractivity contribution < 1.29 is 48.1 Å². The van der Waals surface area contributed by atoms with Crippen LogP contribution in [-0.2, 0) is 44.6 Å². The fourth-order valence-electron chi connectivity index (χ4n) is 10.6. The minimum Gasteiger partial charge on any atom is -0.458 e. The Labute approximate surface area is 392 Å². The summed E-state index contributed by atoms with van der Waals surface area (Å²) in [7, 11) is 3.32. The molecule has 16 heteroatoms. The van der Waals surface area contributed by atoms with Crippen molar-refractivity contribution >= 4 is 64.7 Å². The lowest BCUT2D eigenvalue weighted by atomic mass is 9.81. The topological polar surface area (TPSA) is 184 Å². The Bertz CT molecular complexity index is 2080. The second-order valence-electron chi connectivity index (χ2n) is 19.9. The van der Waals surface area contributed by atoms with Crippen molar-refractivity contribution in [1.82, 2.24) is 15.5 Å². The molecule has 65 heavy (non-hydrogen) atoms. The maximum absolute atomic E-state index is 14.3. The molecule has 5 fully saturated rings. The molecule has 4 heterocycles. The molecule has 14 nitrogen and oxygen atoms in total. The third kappa shape index (κ3) is 10.9. The van der Waals surface area contributed by atoms with Crippen LogP contribution in [0.25, 0.3) is 0 Å². The van der Waals surface area contributed by atoms with Gasteiger partial charge in [-0.05, 0) is 113 Å². The number of carbonyl (C=O) groups excluding carboxylic acids is 6. The number of allylic oxidation sites excluding steroid dienone is 3. The number of hydrogen-bond donors (Lipinski definition) is 3. The number of amides is 5. The van der Waals surface area contributed by atoms with E-state index in [4.69, 9.17) is 25.8 Å². The summed E-state index contributed by atoms with van der Waals surface area (Å²) in [6, 6.07) is 3.90. The lowest BCUT2D eigenvalue weighted by molar-refractivity contribution is -0.160. The summed E-state index contributed by atoms with van der Waals surface area (Å²) in [5.41, 5.74) is 0.650. The first-order valence-corrected chi connectivity index (χ1v) is 24.9. The lowest BCUT2D eigenvalue weighted by Gasteiger charge is -2.41. The molecule has 6 aliphatic rings. The zero-order valence-electron chi connectivity index (χ0n) is 38.9. The number of fused-ring (bicyclic) bond motifs is 5. The number of anilines is 1. The molecule has 5 amide bonds. The normalized spacial score (nSPS) is 37.0. The lowest BCUT2D eigenvalue weighted by Crippen LogP contribution is -2.60. The molecule has 3 N–H and O–H groups in total. The van der Waals surface area contributed by atoms with E-state index in [-0.39, 0.29) is 60.6 Å². The number of alkyl carbamates (subject to hydrolysis) is 1. The first-order valence-electron chi connectivity index (χ1n) is 23.5. The largest absolute Gasteiger partial charge is 0.458 e. The van der Waals surface area contributed by atoms with E-state index in [1.54, 1.807) is 14.1 Å². The molecule has 3 saturated heterocycles. The Morgan fingerprint density at radius 1 is 0.985 bits per heavy atom. The molecule has 356 valence electrons. The first-order chi connectivity index (χ1) is 30.8. The van der Waals surface area contributed by atoms with Gasteiger partial charge in [0.1, 0.15) is 23.5 Å². The third-order valence-corrected chi connectivity index (χ3v) is 17.1. The first kappa shape index (κ1) is 49.0. The van der Waals surface area contributed by atoms with E-state index in [1.165, 1.54) is 21.6 Å². The van der Waals surface area contributed by atoms with Gasteiger partial charge in [0.25, 0.3) is 0 Å². The predicted molar refractivity (Wildman–Crippen MR) is 248 cm³/mol. The van der Waals surface area contributed by atoms with Gasteiger partial charge in [0.05, 0.1) is 34.4 Å². The number of esters is 1. The second kappa shape index (κ2) is 20.1. The van der Waals surface area contributed by atoms with Crippen LogP contribution in [0.4, 0.5) is 10.5 Å². The summed E-state index contributed by atoms with van der Waals surface area (Å²) >= 11 is 8.38. The van der Waals surface area contributed by atoms with Crippen molar-refractivity contribution in [2.45, 2.75) is 147 Å². The van der Waals surface area contributed by atoms with Gasteiger partial charge in [-0.15, -0.1) is 11.8 Å². The van der Waals surface area contributed by atoms with E-state index in [1.807, 2.05) is 65.0 Å². The Morgan fingerprint density at radius 3 is 2.35 bits per heavy atom. The summed E-state index contributed by atoms with van der Waals surface area (Å²) in [4.78, 5) is 82.8. The fourth-order valence-corrected chi connectivity index (χ4v) is 12.2. The van der Waals surface area contributed by atoms with Crippen LogP contribution in [0.3, 0.4) is 0 Å². The number of imide groups is 1. The van der Waals surface area contributed by atoms with Gasteiger partial charge in [-0.1, -0.05) is 55.3 Å². The average Bonchev–Trinajstić information content (AvgIpc) is 3.90. The molecule has 2 saturated carbocycles. The van der Waals surface area contributed by atoms with Crippen LogP contribution in [0.1, 0.15) is 109 Å². The van der Waals surface area contributed by atoms with Crippen molar-refractivity contribution in [2.24, 2.45) is 35.5 Å². The van der Waals surface area contributed by atoms with Crippen LogP contribution in [0, 0.1) is 42.4 Å². The molecule has 2 aliphatic carbocycles. The summed E-state index contributed by atoms with van der Waals surface area (Å²) in [6.45, 7) is 9.84. The number of nitrogens with one attached hydrogen (secondary N) is 2. The Hall–Kier alpha value is -3.92. The molecule has 4 bridgehead atoms. The summed E-state index contributed by atoms with van der Waals surface area (Å²) in [6.07, 6.45) is 9.16. The number of rotatable bonds is 8. The number of likely N-dealkylation sites (tertiary alicyclic amines) is 1. The van der Waals surface area contributed by atoms with E-state index < -0.39 is 64.7 Å². The Morgan fingerprint density at radius 2 is 1.66 bits per heavy atom. The van der Waals surface area contributed by atoms with Gasteiger partial charge in [0.2, 0.25) is 23.6 Å². The van der Waals surface area contributed by atoms with Crippen molar-refractivity contribution in [3.63, 3.8) is 0 Å². The van der Waals surface area contributed by atoms with Crippen LogP contribution in [0.5, 0.6) is 0 Å². The molecule has 0 aromatic heterocycles. The van der Waals surface area contributed by atoms with E-state index in [9.17, 15) is 33.9 Å². The Balaban J connectivity index is 1.01. The molecule has 1 aromatic rings. The highest BCUT2D eigenvalue weighted by Gasteiger charge is 2.64. The number of thioether (sulfide) groups is 1. The number of nitrogens with zero attached hydrogens (tertiary/aromatic N) is 2. The van der Waals surface area contributed by atoms with Gasteiger partial charge in [0.15, 0.2) is 0 Å². The minimum absolute atomic E-state index is 0.00469. The maximum Gasteiger partial charge on any atom is 0.409 e. The van der Waals surface area contributed by atoms with Gasteiger partial charge < -0.3 is 29.5 Å². The summed E-state index contributed by atoms with van der Waals surface area (Å²) in [5.74, 6) is -1.05. The maximum atomic E-state index is 14.3. The molecule has 7 rings (SSSR count). The molecule has 4 aliphatic heterocycles. The number of aryl methyl sites for hydroxylation is 1. The number of ether oxygens (including phenoxy) is 3. The minimum atomic E-state index is -1.59. The second-order valence-corrected chi connectivity index (χ2v) is 21.5. The molecule has 8 atom stereocenters. The van der Waals surface area contributed by atoms with Gasteiger partial charge >= 0.3 is 12.1 Å². The zero-order valence-corrected chi connectivity index (χ0v) is 40.4. The van der Waals surface area contributed by atoms with Crippen LogP contribution < -0.4 is 15.5 Å². The SMILES string of the molecule is CNC(=O)[C@H]1CC[C@H](CN2C(=O)CC(SCC3CCC(C(=O)O[C@H]4CC(=O)N(C)c5cc(cc(C)c5Cl)C/C(C)=C/C=C/[C@@H](C)[C@@]5(O)C[C@H](OC(=O)N5)[C@@H](C)[C@@H]5O[C@@]45C)CC3)C2=O)CC1. The van der Waals surface area contributed by atoms with Crippen LogP contribution in [-0.4, -0.2) is 107 Å².